The van der Waals surface area contributed by atoms with Gasteiger partial charge in [0.15, 0.2) is 5.76 Å². The van der Waals surface area contributed by atoms with Crippen LogP contribution in [-0.4, -0.2) is 25.3 Å². The van der Waals surface area contributed by atoms with E-state index in [0.29, 0.717) is 22.8 Å². The molecule has 0 fully saturated rings. The topological polar surface area (TPSA) is 84.6 Å². The number of rotatable bonds is 6. The predicted molar refractivity (Wildman–Crippen MR) is 89.2 cm³/mol. The molecule has 3 rings (SSSR count). The van der Waals surface area contributed by atoms with Crippen molar-refractivity contribution in [3.8, 4) is 33.9 Å². The maximum atomic E-state index is 11.0. The maximum Gasteiger partial charge on any atom is 1.00 e. The zero-order chi connectivity index (χ0) is 17.8. The van der Waals surface area contributed by atoms with E-state index in [4.69, 9.17) is 14.0 Å². The van der Waals surface area contributed by atoms with Crippen molar-refractivity contribution >= 4 is 5.97 Å². The van der Waals surface area contributed by atoms with Crippen molar-refractivity contribution < 1.29 is 42.8 Å². The third kappa shape index (κ3) is 4.10. The van der Waals surface area contributed by atoms with Gasteiger partial charge in [-0.25, -0.2) is 0 Å². The van der Waals surface area contributed by atoms with Crippen molar-refractivity contribution in [1.82, 2.24) is 5.16 Å². The van der Waals surface area contributed by atoms with Crippen LogP contribution in [0.5, 0.6) is 11.5 Å². The van der Waals surface area contributed by atoms with Crippen LogP contribution >= 0.6 is 0 Å². The minimum atomic E-state index is -1.23. The minimum absolute atomic E-state index is 0. The molecule has 3 aromatic rings. The van der Waals surface area contributed by atoms with Gasteiger partial charge in [0.2, 0.25) is 0 Å². The number of nitrogens with zero attached hydrogens (tertiary/aromatic N) is 1. The second-order valence-electron chi connectivity index (χ2n) is 5.34. The maximum absolute atomic E-state index is 11.0. The Labute approximate surface area is 162 Å². The van der Waals surface area contributed by atoms with E-state index < -0.39 is 5.97 Å². The summed E-state index contributed by atoms with van der Waals surface area (Å²) in [6, 6.07) is 14.5. The van der Waals surface area contributed by atoms with Crippen LogP contribution in [0.4, 0.5) is 0 Å². The van der Waals surface area contributed by atoms with Crippen molar-refractivity contribution in [3.05, 3.63) is 54.3 Å². The molecule has 0 atom stereocenters. The summed E-state index contributed by atoms with van der Waals surface area (Å²) in [6.45, 7) is 0. The number of aliphatic carboxylic acids is 1. The standard InChI is InChI=1S/C19H17NO5.Li/c1-23-14-7-3-12(4-8-14)18-16(11-17(21)22)25-20-19(18)13-5-9-15(24-2)10-6-13;/h3-10H,11H2,1-2H3,(H,21,22);/q;+1/p-1. The van der Waals surface area contributed by atoms with Gasteiger partial charge in [-0.1, -0.05) is 17.3 Å². The molecule has 26 heavy (non-hydrogen) atoms. The number of carboxylic acid groups (broad SMARTS) is 1. The van der Waals surface area contributed by atoms with Crippen LogP contribution in [0.15, 0.2) is 53.1 Å². The SMILES string of the molecule is COc1ccc(-c2noc(CC(=O)[O-])c2-c2ccc(OC)cc2)cc1.[Li+]. The molecule has 0 saturated heterocycles. The molecule has 0 saturated carbocycles. The van der Waals surface area contributed by atoms with Gasteiger partial charge in [0.05, 0.1) is 19.8 Å². The zero-order valence-corrected chi connectivity index (χ0v) is 14.8. The van der Waals surface area contributed by atoms with E-state index in [9.17, 15) is 9.90 Å². The summed E-state index contributed by atoms with van der Waals surface area (Å²) >= 11 is 0. The first-order valence-corrected chi connectivity index (χ1v) is 7.59. The van der Waals surface area contributed by atoms with Crippen molar-refractivity contribution in [3.63, 3.8) is 0 Å². The molecule has 0 bridgehead atoms. The van der Waals surface area contributed by atoms with Crippen LogP contribution in [0.3, 0.4) is 0 Å². The van der Waals surface area contributed by atoms with Crippen LogP contribution in [0.1, 0.15) is 5.76 Å². The molecule has 0 radical (unpaired) electrons. The van der Waals surface area contributed by atoms with Gasteiger partial charge >= 0.3 is 18.9 Å². The van der Waals surface area contributed by atoms with Gasteiger partial charge < -0.3 is 23.9 Å². The van der Waals surface area contributed by atoms with Crippen LogP contribution in [-0.2, 0) is 11.2 Å². The summed E-state index contributed by atoms with van der Waals surface area (Å²) in [5, 5.41) is 15.1. The number of aromatic nitrogens is 1. The number of methoxy groups -OCH3 is 2. The van der Waals surface area contributed by atoms with E-state index in [0.717, 1.165) is 11.1 Å². The summed E-state index contributed by atoms with van der Waals surface area (Å²) < 4.78 is 15.6. The van der Waals surface area contributed by atoms with Crippen LogP contribution in [0, 0.1) is 0 Å². The van der Waals surface area contributed by atoms with Crippen LogP contribution in [0.2, 0.25) is 0 Å². The van der Waals surface area contributed by atoms with Gasteiger partial charge in [-0.15, -0.1) is 0 Å². The monoisotopic (exact) mass is 345 g/mol. The minimum Gasteiger partial charge on any atom is -0.550 e. The van der Waals surface area contributed by atoms with E-state index in [1.807, 2.05) is 24.3 Å². The Morgan fingerprint density at radius 3 is 1.92 bits per heavy atom. The fraction of sp³-hybridized carbons (Fsp3) is 0.158. The van der Waals surface area contributed by atoms with Crippen LogP contribution in [0.25, 0.3) is 22.4 Å². The number of hydrogen-bond donors (Lipinski definition) is 0. The molecule has 0 aliphatic heterocycles. The quantitative estimate of drug-likeness (QED) is 0.551. The number of carbonyl (C=O) groups is 1. The fourth-order valence-corrected chi connectivity index (χ4v) is 2.58. The Morgan fingerprint density at radius 1 is 0.962 bits per heavy atom. The molecule has 0 N–H and O–H groups in total. The Bertz CT molecular complexity index is 872. The second-order valence-corrected chi connectivity index (χ2v) is 5.34. The number of carbonyl (C=O) groups excluding carboxylic acids is 1. The zero-order valence-electron chi connectivity index (χ0n) is 14.8. The summed E-state index contributed by atoms with van der Waals surface area (Å²) in [4.78, 5) is 11.0. The van der Waals surface area contributed by atoms with Crippen molar-refractivity contribution in [2.45, 2.75) is 6.42 Å². The Hall–Kier alpha value is -2.68. The van der Waals surface area contributed by atoms with Crippen molar-refractivity contribution in [2.75, 3.05) is 14.2 Å². The number of benzene rings is 2. The largest absolute Gasteiger partial charge is 1.00 e. The molecule has 0 aliphatic carbocycles. The molecular formula is C19H16LiNO5. The molecule has 7 heteroatoms. The van der Waals surface area contributed by atoms with E-state index >= 15 is 0 Å². The van der Waals surface area contributed by atoms with Gasteiger partial charge in [0.1, 0.15) is 17.2 Å². The van der Waals surface area contributed by atoms with Crippen molar-refractivity contribution in [1.29, 1.82) is 0 Å². The fourth-order valence-electron chi connectivity index (χ4n) is 2.58. The van der Waals surface area contributed by atoms with Gasteiger partial charge in [-0.2, -0.15) is 0 Å². The van der Waals surface area contributed by atoms with Gasteiger partial charge in [0, 0.05) is 18.0 Å². The molecule has 1 aromatic heterocycles. The molecule has 2 aromatic carbocycles. The van der Waals surface area contributed by atoms with E-state index in [1.165, 1.54) is 0 Å². The molecule has 0 spiro atoms. The molecular weight excluding hydrogens is 329 g/mol. The van der Waals surface area contributed by atoms with Gasteiger partial charge in [-0.3, -0.25) is 0 Å². The third-order valence-corrected chi connectivity index (χ3v) is 3.81. The number of hydrogen-bond acceptors (Lipinski definition) is 6. The Balaban J connectivity index is 0.00000243. The summed E-state index contributed by atoms with van der Waals surface area (Å²) in [5.74, 6) is 0.434. The average Bonchev–Trinajstić information content (AvgIpc) is 3.04. The molecule has 0 aliphatic rings. The van der Waals surface area contributed by atoms with Gasteiger partial charge in [-0.05, 0) is 42.0 Å². The van der Waals surface area contributed by atoms with Crippen LogP contribution < -0.4 is 33.4 Å². The molecule has 6 nitrogen and oxygen atoms in total. The number of ether oxygens (including phenoxy) is 2. The van der Waals surface area contributed by atoms with Crippen molar-refractivity contribution in [2.24, 2.45) is 0 Å². The smallest absolute Gasteiger partial charge is 0.550 e. The van der Waals surface area contributed by atoms with Gasteiger partial charge in [0.25, 0.3) is 0 Å². The first-order chi connectivity index (χ1) is 12.1. The normalized spacial score (nSPS) is 10.1. The second kappa shape index (κ2) is 8.61. The molecule has 128 valence electrons. The van der Waals surface area contributed by atoms with E-state index in [2.05, 4.69) is 5.16 Å². The first-order valence-electron chi connectivity index (χ1n) is 7.59. The molecule has 1 heterocycles. The Morgan fingerprint density at radius 2 is 1.46 bits per heavy atom. The average molecular weight is 345 g/mol. The van der Waals surface area contributed by atoms with E-state index in [-0.39, 0.29) is 31.0 Å². The number of carboxylic acids is 1. The summed E-state index contributed by atoms with van der Waals surface area (Å²) in [6.07, 6.45) is -0.357. The molecule has 0 unspecified atom stereocenters. The van der Waals surface area contributed by atoms with E-state index in [1.54, 1.807) is 38.5 Å². The molecule has 0 amide bonds. The third-order valence-electron chi connectivity index (χ3n) is 3.81. The first kappa shape index (κ1) is 19.6. The summed E-state index contributed by atoms with van der Waals surface area (Å²) in [5.41, 5.74) is 2.75. The summed E-state index contributed by atoms with van der Waals surface area (Å²) in [7, 11) is 3.17. The predicted octanol–water partition coefficient (Wildman–Crippen LogP) is -0.678. The Kier molecular flexibility index (Phi) is 6.50.